The molecule has 1 spiro atoms. The van der Waals surface area contributed by atoms with E-state index in [1.54, 1.807) is 11.1 Å². The van der Waals surface area contributed by atoms with Crippen LogP contribution in [-0.4, -0.2) is 53.7 Å². The van der Waals surface area contributed by atoms with Crippen molar-refractivity contribution < 1.29 is 5.11 Å². The fourth-order valence-corrected chi connectivity index (χ4v) is 7.06. The first kappa shape index (κ1) is 26.3. The van der Waals surface area contributed by atoms with Crippen molar-refractivity contribution in [2.24, 2.45) is 11.3 Å². The molecule has 0 aromatic rings. The SMILES string of the molecule is C=C(CCCCC/C(Cl)=C/Cl)N1CCC(C(O)CN2CCC3(CCC4=C3CCC=C4)CC2)CC1. The van der Waals surface area contributed by atoms with Gasteiger partial charge in [-0.3, -0.25) is 0 Å². The Labute approximate surface area is 217 Å². The van der Waals surface area contributed by atoms with Crippen LogP contribution >= 0.6 is 23.2 Å². The first-order valence-corrected chi connectivity index (χ1v) is 14.5. The molecule has 2 aliphatic heterocycles. The standard InChI is InChI=1S/C29H44Cl2N2O/c1-23(7-3-2-4-9-26(31)21-30)33-17-12-25(13-18-33)28(34)22-32-19-15-29(16-20-32)14-11-24-8-5-6-10-27(24)29/h5,8,21,25,28,34H,1-4,6-7,9-20,22H2/b26-21-. The minimum absolute atomic E-state index is 0.194. The average molecular weight is 508 g/mol. The van der Waals surface area contributed by atoms with Crippen molar-refractivity contribution in [2.45, 2.75) is 89.6 Å². The van der Waals surface area contributed by atoms with Crippen molar-refractivity contribution >= 4 is 23.2 Å². The third-order valence-corrected chi connectivity index (χ3v) is 9.74. The first-order chi connectivity index (χ1) is 16.5. The highest BCUT2D eigenvalue weighted by Gasteiger charge is 2.42. The lowest BCUT2D eigenvalue weighted by Crippen LogP contribution is -2.46. The summed E-state index contributed by atoms with van der Waals surface area (Å²) in [6.45, 7) is 9.57. The van der Waals surface area contributed by atoms with Gasteiger partial charge in [0.2, 0.25) is 0 Å². The molecule has 2 fully saturated rings. The van der Waals surface area contributed by atoms with Crippen molar-refractivity contribution in [3.63, 3.8) is 0 Å². The number of piperidine rings is 2. The Balaban J connectivity index is 1.13. The summed E-state index contributed by atoms with van der Waals surface area (Å²) in [6, 6.07) is 0. The van der Waals surface area contributed by atoms with Crippen molar-refractivity contribution in [2.75, 3.05) is 32.7 Å². The fourth-order valence-electron chi connectivity index (χ4n) is 6.82. The van der Waals surface area contributed by atoms with Crippen LogP contribution in [-0.2, 0) is 0 Å². The Kier molecular flexibility index (Phi) is 9.66. The summed E-state index contributed by atoms with van der Waals surface area (Å²) >= 11 is 11.6. The summed E-state index contributed by atoms with van der Waals surface area (Å²) in [6.07, 6.45) is 19.8. The van der Waals surface area contributed by atoms with E-state index in [1.165, 1.54) is 49.8 Å². The summed E-state index contributed by atoms with van der Waals surface area (Å²) in [4.78, 5) is 4.99. The van der Waals surface area contributed by atoms with Crippen molar-refractivity contribution in [3.05, 3.63) is 46.1 Å². The summed E-state index contributed by atoms with van der Waals surface area (Å²) < 4.78 is 0. The van der Waals surface area contributed by atoms with Crippen LogP contribution in [0, 0.1) is 11.3 Å². The van der Waals surface area contributed by atoms with Gasteiger partial charge >= 0.3 is 0 Å². The maximum atomic E-state index is 11.0. The quantitative estimate of drug-likeness (QED) is 0.313. The van der Waals surface area contributed by atoms with Gasteiger partial charge in [-0.05, 0) is 107 Å². The molecule has 0 aromatic carbocycles. The molecule has 0 amide bonds. The summed E-state index contributed by atoms with van der Waals surface area (Å²) in [5.74, 6) is 0.425. The maximum Gasteiger partial charge on any atom is 0.0696 e. The molecule has 2 heterocycles. The molecule has 0 bridgehead atoms. The monoisotopic (exact) mass is 506 g/mol. The number of hydrogen-bond acceptors (Lipinski definition) is 3. The fraction of sp³-hybridized carbons (Fsp3) is 0.724. The van der Waals surface area contributed by atoms with E-state index < -0.39 is 0 Å². The van der Waals surface area contributed by atoms with E-state index in [1.807, 2.05) is 0 Å². The molecule has 1 atom stereocenters. The summed E-state index contributed by atoms with van der Waals surface area (Å²) in [7, 11) is 0. The number of fused-ring (bicyclic) bond motifs is 1. The number of β-amino-alcohol motifs (C(OH)–C–C–N with tert-alkyl or cyclic N) is 1. The molecule has 0 radical (unpaired) electrons. The van der Waals surface area contributed by atoms with E-state index in [0.29, 0.717) is 11.3 Å². The highest BCUT2D eigenvalue weighted by atomic mass is 35.5. The molecule has 190 valence electrons. The van der Waals surface area contributed by atoms with Gasteiger partial charge in [0.25, 0.3) is 0 Å². The van der Waals surface area contributed by atoms with Gasteiger partial charge in [-0.2, -0.15) is 0 Å². The summed E-state index contributed by atoms with van der Waals surface area (Å²) in [5.41, 5.74) is 6.66. The average Bonchev–Trinajstić information content (AvgIpc) is 3.23. The lowest BCUT2D eigenvalue weighted by Gasteiger charge is -2.43. The van der Waals surface area contributed by atoms with E-state index >= 15 is 0 Å². The molecule has 5 heteroatoms. The van der Waals surface area contributed by atoms with Crippen LogP contribution in [0.5, 0.6) is 0 Å². The normalized spacial score (nSPS) is 24.7. The second-order valence-corrected chi connectivity index (χ2v) is 11.8. The second kappa shape index (κ2) is 12.5. The molecule has 34 heavy (non-hydrogen) atoms. The van der Waals surface area contributed by atoms with Crippen LogP contribution in [0.2, 0.25) is 0 Å². The van der Waals surface area contributed by atoms with Gasteiger partial charge in [0.15, 0.2) is 0 Å². The Morgan fingerprint density at radius 1 is 1.09 bits per heavy atom. The summed E-state index contributed by atoms with van der Waals surface area (Å²) in [5, 5.41) is 11.8. The van der Waals surface area contributed by atoms with Gasteiger partial charge in [-0.1, -0.05) is 53.9 Å². The second-order valence-electron chi connectivity index (χ2n) is 11.1. The zero-order valence-electron chi connectivity index (χ0n) is 20.9. The Hall–Kier alpha value is -0.740. The van der Waals surface area contributed by atoms with Crippen LogP contribution in [0.15, 0.2) is 46.1 Å². The van der Waals surface area contributed by atoms with E-state index in [4.69, 9.17) is 23.2 Å². The smallest absolute Gasteiger partial charge is 0.0696 e. The van der Waals surface area contributed by atoms with Gasteiger partial charge < -0.3 is 14.9 Å². The van der Waals surface area contributed by atoms with Crippen LogP contribution in [0.25, 0.3) is 0 Å². The highest BCUT2D eigenvalue weighted by Crippen LogP contribution is 2.53. The lowest BCUT2D eigenvalue weighted by molar-refractivity contribution is 0.0195. The lowest BCUT2D eigenvalue weighted by atomic mass is 9.71. The van der Waals surface area contributed by atoms with E-state index in [9.17, 15) is 5.11 Å². The zero-order chi connectivity index (χ0) is 24.0. The molecular formula is C29H44Cl2N2O. The topological polar surface area (TPSA) is 26.7 Å². The van der Waals surface area contributed by atoms with Crippen LogP contribution in [0.3, 0.4) is 0 Å². The number of rotatable bonds is 10. The van der Waals surface area contributed by atoms with Gasteiger partial charge in [0.05, 0.1) is 6.10 Å². The first-order valence-electron chi connectivity index (χ1n) is 13.7. The number of nitrogens with zero attached hydrogens (tertiary/aromatic N) is 2. The highest BCUT2D eigenvalue weighted by molar-refractivity contribution is 6.36. The Morgan fingerprint density at radius 2 is 1.82 bits per heavy atom. The Morgan fingerprint density at radius 3 is 2.56 bits per heavy atom. The van der Waals surface area contributed by atoms with Gasteiger partial charge in [-0.25, -0.2) is 0 Å². The molecule has 4 aliphatic rings. The third kappa shape index (κ3) is 6.52. The molecular weight excluding hydrogens is 463 g/mol. The van der Waals surface area contributed by atoms with Crippen molar-refractivity contribution in [3.8, 4) is 0 Å². The number of aliphatic hydroxyl groups excluding tert-OH is 1. The van der Waals surface area contributed by atoms with Gasteiger partial charge in [-0.15, -0.1) is 0 Å². The minimum atomic E-state index is -0.194. The number of likely N-dealkylation sites (tertiary alicyclic amines) is 2. The van der Waals surface area contributed by atoms with Gasteiger partial charge in [0, 0.05) is 35.9 Å². The largest absolute Gasteiger partial charge is 0.392 e. The number of allylic oxidation sites excluding steroid dienone is 6. The number of halogens is 2. The predicted octanol–water partition coefficient (Wildman–Crippen LogP) is 7.37. The Bertz CT molecular complexity index is 786. The van der Waals surface area contributed by atoms with E-state index in [0.717, 1.165) is 82.7 Å². The molecule has 0 aromatic heterocycles. The molecule has 2 saturated heterocycles. The third-order valence-electron chi connectivity index (χ3n) is 9.07. The minimum Gasteiger partial charge on any atom is -0.392 e. The number of hydrogen-bond donors (Lipinski definition) is 1. The zero-order valence-corrected chi connectivity index (χ0v) is 22.4. The number of unbranched alkanes of at least 4 members (excludes halogenated alkanes) is 2. The van der Waals surface area contributed by atoms with E-state index in [2.05, 4.69) is 28.5 Å². The maximum absolute atomic E-state index is 11.0. The van der Waals surface area contributed by atoms with E-state index in [-0.39, 0.29) is 6.10 Å². The molecule has 4 rings (SSSR count). The molecule has 3 nitrogen and oxygen atoms in total. The molecule has 0 saturated carbocycles. The predicted molar refractivity (Wildman–Crippen MR) is 145 cm³/mol. The van der Waals surface area contributed by atoms with Crippen LogP contribution in [0.1, 0.15) is 83.5 Å². The number of aliphatic hydroxyl groups is 1. The molecule has 1 unspecified atom stereocenters. The van der Waals surface area contributed by atoms with Gasteiger partial charge in [0.1, 0.15) is 0 Å². The van der Waals surface area contributed by atoms with Crippen molar-refractivity contribution in [1.82, 2.24) is 9.80 Å². The molecule has 2 aliphatic carbocycles. The van der Waals surface area contributed by atoms with Crippen LogP contribution < -0.4 is 0 Å². The molecule has 1 N–H and O–H groups in total. The van der Waals surface area contributed by atoms with Crippen LogP contribution in [0.4, 0.5) is 0 Å². The van der Waals surface area contributed by atoms with Crippen molar-refractivity contribution in [1.29, 1.82) is 0 Å².